The Labute approximate surface area is 229 Å². The van der Waals surface area contributed by atoms with Gasteiger partial charge in [-0.1, -0.05) is 36.6 Å². The number of benzene rings is 2. The van der Waals surface area contributed by atoms with Crippen molar-refractivity contribution < 1.29 is 9.59 Å². The quantitative estimate of drug-likeness (QED) is 0.353. The second-order valence-corrected chi connectivity index (χ2v) is 10.9. The Balaban J connectivity index is 1.71. The Bertz CT molecular complexity index is 1250. The van der Waals surface area contributed by atoms with Crippen LogP contribution in [-0.4, -0.2) is 51.6 Å². The number of H-pyrrole nitrogens is 1. The fourth-order valence-corrected chi connectivity index (χ4v) is 6.63. The second kappa shape index (κ2) is 11.7. The number of tetrazole rings is 1. The molecule has 1 heterocycles. The number of carbonyl (C=O) groups is 2. The van der Waals surface area contributed by atoms with Crippen LogP contribution in [0.4, 0.5) is 0 Å². The van der Waals surface area contributed by atoms with Crippen LogP contribution >= 0.6 is 0 Å². The summed E-state index contributed by atoms with van der Waals surface area (Å²) in [6, 6.07) is 11.8. The third-order valence-corrected chi connectivity index (χ3v) is 8.52. The lowest BCUT2D eigenvalue weighted by atomic mass is 9.65. The van der Waals surface area contributed by atoms with Crippen LogP contribution in [0.15, 0.2) is 36.4 Å². The molecule has 3 aromatic rings. The summed E-state index contributed by atoms with van der Waals surface area (Å²) in [6.07, 6.45) is 7.94. The molecule has 0 radical (unpaired) electrons. The lowest BCUT2D eigenvalue weighted by molar-refractivity contribution is 0.0947. The molecule has 2 amide bonds. The molecule has 1 aromatic heterocycles. The van der Waals surface area contributed by atoms with Crippen molar-refractivity contribution in [3.63, 3.8) is 0 Å². The number of carbonyl (C=O) groups excluding carboxylic acids is 2. The molecule has 1 saturated carbocycles. The van der Waals surface area contributed by atoms with Crippen molar-refractivity contribution in [1.29, 1.82) is 0 Å². The van der Waals surface area contributed by atoms with Crippen LogP contribution in [0.3, 0.4) is 0 Å². The molecule has 1 fully saturated rings. The summed E-state index contributed by atoms with van der Waals surface area (Å²) in [4.78, 5) is 25.5. The van der Waals surface area contributed by atoms with Gasteiger partial charge in [-0.25, -0.2) is 0 Å². The number of hydrogen-bond acceptors (Lipinski definition) is 6. The van der Waals surface area contributed by atoms with Crippen LogP contribution in [0.2, 0.25) is 0 Å². The molecule has 9 heteroatoms. The third-order valence-electron chi connectivity index (χ3n) is 8.52. The molecule has 0 unspecified atom stereocenters. The van der Waals surface area contributed by atoms with Gasteiger partial charge in [-0.15, -0.1) is 10.2 Å². The van der Waals surface area contributed by atoms with E-state index in [9.17, 15) is 9.59 Å². The van der Waals surface area contributed by atoms with E-state index in [1.165, 1.54) is 19.3 Å². The molecular formula is C30H39N7O2. The first kappa shape index (κ1) is 27.0. The number of amides is 2. The van der Waals surface area contributed by atoms with E-state index >= 15 is 0 Å². The van der Waals surface area contributed by atoms with E-state index in [1.54, 1.807) is 0 Å². The number of aromatic amines is 1. The lowest BCUT2D eigenvalue weighted by Gasteiger charge is -2.39. The molecule has 39 heavy (non-hydrogen) atoms. The molecule has 2 aliphatic carbocycles. The SMILES string of the molecule is CCNC(=O)c1ccc2c(c1)CCc1cc(C(=O)NCC)ccc1C2(C[C@H](N)C1CCCCC1)c1nn[nH]n1. The Hall–Kier alpha value is -3.59. The molecule has 9 nitrogen and oxygen atoms in total. The maximum Gasteiger partial charge on any atom is 0.251 e. The Morgan fingerprint density at radius 3 is 2.00 bits per heavy atom. The van der Waals surface area contributed by atoms with Crippen molar-refractivity contribution >= 4 is 11.8 Å². The third kappa shape index (κ3) is 5.20. The summed E-state index contributed by atoms with van der Waals surface area (Å²) >= 11 is 0. The first-order valence-corrected chi connectivity index (χ1v) is 14.3. The van der Waals surface area contributed by atoms with Crippen LogP contribution < -0.4 is 16.4 Å². The summed E-state index contributed by atoms with van der Waals surface area (Å²) in [6.45, 7) is 4.95. The van der Waals surface area contributed by atoms with E-state index in [0.717, 1.165) is 35.1 Å². The van der Waals surface area contributed by atoms with Crippen LogP contribution in [-0.2, 0) is 18.3 Å². The van der Waals surface area contributed by atoms with Gasteiger partial charge < -0.3 is 16.4 Å². The first-order chi connectivity index (χ1) is 19.0. The van der Waals surface area contributed by atoms with E-state index in [1.807, 2.05) is 38.1 Å². The zero-order valence-electron chi connectivity index (χ0n) is 22.9. The zero-order valence-corrected chi connectivity index (χ0v) is 22.9. The fraction of sp³-hybridized carbons (Fsp3) is 0.500. The number of rotatable bonds is 8. The maximum absolute atomic E-state index is 12.8. The van der Waals surface area contributed by atoms with Gasteiger partial charge in [-0.05, 0) is 98.4 Å². The van der Waals surface area contributed by atoms with Gasteiger partial charge in [-0.2, -0.15) is 5.21 Å². The predicted molar refractivity (Wildman–Crippen MR) is 150 cm³/mol. The molecule has 5 N–H and O–H groups in total. The van der Waals surface area contributed by atoms with Gasteiger partial charge in [0.15, 0.2) is 5.82 Å². The minimum absolute atomic E-state index is 0.0752. The Morgan fingerprint density at radius 2 is 1.51 bits per heavy atom. The number of aromatic nitrogens is 4. The van der Waals surface area contributed by atoms with Crippen molar-refractivity contribution in [3.05, 3.63) is 75.6 Å². The molecule has 0 aliphatic heterocycles. The minimum Gasteiger partial charge on any atom is -0.352 e. The summed E-state index contributed by atoms with van der Waals surface area (Å²) < 4.78 is 0. The van der Waals surface area contributed by atoms with Gasteiger partial charge in [-0.3, -0.25) is 9.59 Å². The highest BCUT2D eigenvalue weighted by molar-refractivity contribution is 5.95. The molecule has 5 rings (SSSR count). The van der Waals surface area contributed by atoms with Crippen molar-refractivity contribution in [2.75, 3.05) is 13.1 Å². The molecule has 2 aromatic carbocycles. The van der Waals surface area contributed by atoms with E-state index in [4.69, 9.17) is 5.73 Å². The van der Waals surface area contributed by atoms with Gasteiger partial charge in [0.1, 0.15) is 0 Å². The van der Waals surface area contributed by atoms with Gasteiger partial charge in [0.2, 0.25) is 0 Å². The maximum atomic E-state index is 12.8. The number of nitrogens with two attached hydrogens (primary N) is 1. The van der Waals surface area contributed by atoms with Crippen LogP contribution in [0.25, 0.3) is 0 Å². The highest BCUT2D eigenvalue weighted by Gasteiger charge is 2.46. The summed E-state index contributed by atoms with van der Waals surface area (Å²) in [5, 5.41) is 21.6. The largest absolute Gasteiger partial charge is 0.352 e. The minimum atomic E-state index is -0.773. The van der Waals surface area contributed by atoms with E-state index in [2.05, 4.69) is 43.4 Å². The standard InChI is InChI=1S/C30H39N7O2/c1-3-32-27(38)22-12-14-24-20(16-22)10-11-21-17-23(28(39)33-4-2)13-15-25(21)30(24,29-34-36-37-35-29)18-26(31)19-8-6-5-7-9-19/h12-17,19,26H,3-11,18,31H2,1-2H3,(H,32,38)(H,33,39)(H,34,35,36,37)/t26-/m0/s1. The number of nitrogens with zero attached hydrogens (tertiary/aromatic N) is 3. The van der Waals surface area contributed by atoms with E-state index in [-0.39, 0.29) is 17.9 Å². The molecule has 0 saturated heterocycles. The topological polar surface area (TPSA) is 139 Å². The molecule has 1 atom stereocenters. The van der Waals surface area contributed by atoms with Crippen LogP contribution in [0.1, 0.15) is 101 Å². The van der Waals surface area contributed by atoms with Crippen molar-refractivity contribution in [3.8, 4) is 0 Å². The van der Waals surface area contributed by atoms with Gasteiger partial charge in [0.05, 0.1) is 5.41 Å². The summed E-state index contributed by atoms with van der Waals surface area (Å²) in [5.41, 5.74) is 11.8. The lowest BCUT2D eigenvalue weighted by Crippen LogP contribution is -2.43. The van der Waals surface area contributed by atoms with E-state index < -0.39 is 5.41 Å². The highest BCUT2D eigenvalue weighted by Crippen LogP contribution is 2.48. The smallest absolute Gasteiger partial charge is 0.251 e. The first-order valence-electron chi connectivity index (χ1n) is 14.3. The van der Waals surface area contributed by atoms with Crippen molar-refractivity contribution in [1.82, 2.24) is 31.3 Å². The van der Waals surface area contributed by atoms with Crippen molar-refractivity contribution in [2.24, 2.45) is 11.7 Å². The van der Waals surface area contributed by atoms with Gasteiger partial charge in [0, 0.05) is 30.3 Å². The number of hydrogen-bond donors (Lipinski definition) is 4. The predicted octanol–water partition coefficient (Wildman–Crippen LogP) is 3.43. The summed E-state index contributed by atoms with van der Waals surface area (Å²) in [7, 11) is 0. The highest BCUT2D eigenvalue weighted by atomic mass is 16.2. The number of aryl methyl sites for hydroxylation is 2. The monoisotopic (exact) mass is 529 g/mol. The average molecular weight is 530 g/mol. The molecule has 206 valence electrons. The zero-order chi connectivity index (χ0) is 27.4. The van der Waals surface area contributed by atoms with Gasteiger partial charge in [0.25, 0.3) is 11.8 Å². The molecule has 2 aliphatic rings. The molecule has 0 bridgehead atoms. The summed E-state index contributed by atoms with van der Waals surface area (Å²) in [5.74, 6) is 0.797. The normalized spacial score (nSPS) is 17.4. The molecular weight excluding hydrogens is 490 g/mol. The van der Waals surface area contributed by atoms with E-state index in [0.29, 0.717) is 55.2 Å². The van der Waals surface area contributed by atoms with Crippen LogP contribution in [0.5, 0.6) is 0 Å². The second-order valence-electron chi connectivity index (χ2n) is 10.9. The Kier molecular flexibility index (Phi) is 8.07. The van der Waals surface area contributed by atoms with Crippen molar-refractivity contribution in [2.45, 2.75) is 76.7 Å². The average Bonchev–Trinajstić information content (AvgIpc) is 3.47. The Morgan fingerprint density at radius 1 is 0.949 bits per heavy atom. The number of fused-ring (bicyclic) bond motifs is 2. The van der Waals surface area contributed by atoms with Gasteiger partial charge >= 0.3 is 0 Å². The number of nitrogens with one attached hydrogen (secondary N) is 3. The fourth-order valence-electron chi connectivity index (χ4n) is 6.63. The molecule has 0 spiro atoms. The van der Waals surface area contributed by atoms with Crippen LogP contribution in [0, 0.1) is 5.92 Å².